The van der Waals surface area contributed by atoms with E-state index in [1.54, 1.807) is 19.2 Å². The van der Waals surface area contributed by atoms with E-state index >= 15 is 4.39 Å². The summed E-state index contributed by atoms with van der Waals surface area (Å²) >= 11 is 0. The Kier molecular flexibility index (Phi) is 12.9. The smallest absolute Gasteiger partial charge is 0.280 e. The lowest BCUT2D eigenvalue weighted by atomic mass is 9.97. The van der Waals surface area contributed by atoms with Crippen LogP contribution in [-0.4, -0.2) is 81.0 Å². The van der Waals surface area contributed by atoms with E-state index in [4.69, 9.17) is 23.9 Å². The summed E-state index contributed by atoms with van der Waals surface area (Å²) in [6.07, 6.45) is 2.87. The number of carbonyl (C=O) groups is 2. The second-order valence-corrected chi connectivity index (χ2v) is 14.2. The van der Waals surface area contributed by atoms with Gasteiger partial charge in [-0.25, -0.2) is 37.5 Å². The van der Waals surface area contributed by atoms with Crippen molar-refractivity contribution in [3.63, 3.8) is 0 Å². The largest absolute Gasteiger partial charge is 0.493 e. The van der Waals surface area contributed by atoms with Gasteiger partial charge in [-0.2, -0.15) is 4.39 Å². The number of hydrogen-bond donors (Lipinski definition) is 0. The maximum absolute atomic E-state index is 15.1. The SMILES string of the molecule is COc1cc(CC(=O)c2cccc(C(F)F)n2)cn2c(F)c(C3CCOCC3)nc12.COc1cc(CC(=O)c2cccc(C(F)F)n2)cn2cc(C3CCOCC3)nc12. The maximum atomic E-state index is 15.1. The molecule has 2 saturated heterocycles. The lowest BCUT2D eigenvalue weighted by Crippen LogP contribution is -2.15. The van der Waals surface area contributed by atoms with Crippen molar-refractivity contribution in [1.29, 1.82) is 0 Å². The molecule has 6 aromatic rings. The highest BCUT2D eigenvalue weighted by molar-refractivity contribution is 5.96. The van der Waals surface area contributed by atoms with Crippen LogP contribution >= 0.6 is 0 Å². The van der Waals surface area contributed by atoms with Gasteiger partial charge in [-0.1, -0.05) is 12.1 Å². The molecule has 8 heterocycles. The van der Waals surface area contributed by atoms with Gasteiger partial charge in [0.2, 0.25) is 5.95 Å². The van der Waals surface area contributed by atoms with Crippen LogP contribution in [0.2, 0.25) is 0 Å². The Bertz CT molecular complexity index is 2440. The molecular formula is C42H41F5N6O6. The number of nitrogens with zero attached hydrogens (tertiary/aromatic N) is 6. The monoisotopic (exact) mass is 820 g/mol. The molecular weight excluding hydrogens is 779 g/mol. The molecule has 0 amide bonds. The minimum Gasteiger partial charge on any atom is -0.493 e. The Hall–Kier alpha value is -5.81. The molecule has 310 valence electrons. The van der Waals surface area contributed by atoms with Crippen LogP contribution in [0.1, 0.15) is 105 Å². The van der Waals surface area contributed by atoms with Gasteiger partial charge < -0.3 is 23.3 Å². The number of methoxy groups -OCH3 is 2. The van der Waals surface area contributed by atoms with E-state index in [1.807, 2.05) is 16.8 Å². The molecule has 0 N–H and O–H groups in total. The Morgan fingerprint density at radius 1 is 0.695 bits per heavy atom. The topological polar surface area (TPSA) is 131 Å². The van der Waals surface area contributed by atoms with Crippen molar-refractivity contribution in [3.05, 3.63) is 118 Å². The number of ether oxygens (including phenoxy) is 4. The molecule has 8 rings (SSSR count). The van der Waals surface area contributed by atoms with Crippen molar-refractivity contribution >= 4 is 22.9 Å². The molecule has 2 aliphatic rings. The molecule has 2 fully saturated rings. The summed E-state index contributed by atoms with van der Waals surface area (Å²) in [5.74, 6) is -0.116. The summed E-state index contributed by atoms with van der Waals surface area (Å²) in [4.78, 5) is 41.8. The highest BCUT2D eigenvalue weighted by atomic mass is 19.3. The lowest BCUT2D eigenvalue weighted by molar-refractivity contribution is 0.0837. The third-order valence-corrected chi connectivity index (χ3v) is 10.3. The Morgan fingerprint density at radius 2 is 1.20 bits per heavy atom. The van der Waals surface area contributed by atoms with E-state index in [1.165, 1.54) is 48.0 Å². The van der Waals surface area contributed by atoms with Crippen LogP contribution in [-0.2, 0) is 22.3 Å². The normalized spacial score (nSPS) is 15.1. The van der Waals surface area contributed by atoms with Gasteiger partial charge in [0.05, 0.1) is 25.6 Å². The molecule has 0 saturated carbocycles. The molecule has 12 nitrogen and oxygen atoms in total. The summed E-state index contributed by atoms with van der Waals surface area (Å²) in [5, 5.41) is 0. The number of halogens is 5. The van der Waals surface area contributed by atoms with Crippen LogP contribution in [0.5, 0.6) is 11.5 Å². The first-order valence-corrected chi connectivity index (χ1v) is 19.0. The molecule has 59 heavy (non-hydrogen) atoms. The number of ketones is 2. The van der Waals surface area contributed by atoms with Gasteiger partial charge in [-0.3, -0.25) is 14.0 Å². The van der Waals surface area contributed by atoms with Gasteiger partial charge >= 0.3 is 0 Å². The number of fused-ring (bicyclic) bond motifs is 2. The highest BCUT2D eigenvalue weighted by Crippen LogP contribution is 2.33. The van der Waals surface area contributed by atoms with Crippen LogP contribution in [0.25, 0.3) is 11.3 Å². The number of carbonyl (C=O) groups excluding carboxylic acids is 2. The first-order chi connectivity index (χ1) is 28.5. The first-order valence-electron chi connectivity index (χ1n) is 19.0. The van der Waals surface area contributed by atoms with E-state index in [0.717, 1.165) is 37.8 Å². The van der Waals surface area contributed by atoms with Gasteiger partial charge in [0.15, 0.2) is 34.4 Å². The predicted molar refractivity (Wildman–Crippen MR) is 203 cm³/mol. The number of hydrogen-bond acceptors (Lipinski definition) is 10. The summed E-state index contributed by atoms with van der Waals surface area (Å²) in [5.41, 5.74) is 2.58. The van der Waals surface area contributed by atoms with Gasteiger partial charge in [0.1, 0.15) is 22.8 Å². The number of pyridine rings is 4. The van der Waals surface area contributed by atoms with Crippen LogP contribution in [0, 0.1) is 5.95 Å². The minimum atomic E-state index is -2.77. The Morgan fingerprint density at radius 3 is 1.73 bits per heavy atom. The molecule has 0 aromatic carbocycles. The second kappa shape index (κ2) is 18.4. The zero-order valence-electron chi connectivity index (χ0n) is 32.3. The van der Waals surface area contributed by atoms with Crippen LogP contribution in [0.15, 0.2) is 67.1 Å². The Balaban J connectivity index is 0.000000179. The molecule has 0 unspecified atom stereocenters. The van der Waals surface area contributed by atoms with E-state index in [0.29, 0.717) is 71.6 Å². The zero-order valence-corrected chi connectivity index (χ0v) is 32.3. The number of rotatable bonds is 12. The third-order valence-electron chi connectivity index (χ3n) is 10.3. The molecule has 0 aliphatic carbocycles. The molecule has 6 aromatic heterocycles. The molecule has 17 heteroatoms. The van der Waals surface area contributed by atoms with Crippen LogP contribution < -0.4 is 9.47 Å². The van der Waals surface area contributed by atoms with Crippen molar-refractivity contribution in [1.82, 2.24) is 28.7 Å². The van der Waals surface area contributed by atoms with Gasteiger partial charge in [0.25, 0.3) is 12.9 Å². The standard InChI is InChI=1S/C21H20F3N3O3.C21H21F2N3O3/c1-29-17-10-12(9-16(28)14-3-2-4-15(25-14)19(22)23)11-27-20(24)18(26-21(17)27)13-5-7-30-8-6-13;1-28-19-10-13(9-18(27)15-3-2-4-16(24-15)20(22)23)11-26-12-17(25-21(19)26)14-5-7-29-8-6-14/h2-4,10-11,13,19H,5-9H2,1H3;2-4,10-12,14,20H,5-9H2,1H3. The van der Waals surface area contributed by atoms with Crippen molar-refractivity contribution in [2.75, 3.05) is 40.6 Å². The van der Waals surface area contributed by atoms with Gasteiger partial charge in [0, 0.05) is 69.7 Å². The molecule has 0 bridgehead atoms. The quantitative estimate of drug-likeness (QED) is 0.0881. The fraction of sp³-hybridized carbons (Fsp3) is 0.381. The molecule has 0 atom stereocenters. The summed E-state index contributed by atoms with van der Waals surface area (Å²) in [7, 11) is 2.99. The number of aromatic nitrogens is 6. The van der Waals surface area contributed by atoms with Gasteiger partial charge in [-0.05, 0) is 73.2 Å². The minimum absolute atomic E-state index is 0.0235. The van der Waals surface area contributed by atoms with E-state index < -0.39 is 36.0 Å². The molecule has 2 aliphatic heterocycles. The van der Waals surface area contributed by atoms with E-state index in [-0.39, 0.29) is 35.9 Å². The lowest BCUT2D eigenvalue weighted by Gasteiger charge is -2.19. The average molecular weight is 821 g/mol. The van der Waals surface area contributed by atoms with Crippen molar-refractivity contribution < 1.29 is 50.5 Å². The first kappa shape index (κ1) is 41.4. The predicted octanol–water partition coefficient (Wildman–Crippen LogP) is 8.13. The van der Waals surface area contributed by atoms with Crippen molar-refractivity contribution in [2.24, 2.45) is 0 Å². The second-order valence-electron chi connectivity index (χ2n) is 14.2. The van der Waals surface area contributed by atoms with Gasteiger partial charge in [-0.15, -0.1) is 0 Å². The number of imidazole rings is 2. The third kappa shape index (κ3) is 9.41. The van der Waals surface area contributed by atoms with E-state index in [2.05, 4.69) is 15.0 Å². The molecule has 0 radical (unpaired) electrons. The summed E-state index contributed by atoms with van der Waals surface area (Å²) in [6, 6.07) is 11.3. The van der Waals surface area contributed by atoms with Crippen LogP contribution in [0.3, 0.4) is 0 Å². The summed E-state index contributed by atoms with van der Waals surface area (Å²) in [6.45, 7) is 2.55. The van der Waals surface area contributed by atoms with Crippen LogP contribution in [0.4, 0.5) is 22.0 Å². The zero-order chi connectivity index (χ0) is 41.6. The fourth-order valence-electron chi connectivity index (χ4n) is 7.22. The number of Topliss-reactive ketones (excluding diaryl/α,β-unsaturated/α-hetero) is 2. The average Bonchev–Trinajstić information content (AvgIpc) is 3.85. The maximum Gasteiger partial charge on any atom is 0.280 e. The van der Waals surface area contributed by atoms with Crippen molar-refractivity contribution in [2.45, 2.75) is 63.2 Å². The van der Waals surface area contributed by atoms with Crippen molar-refractivity contribution in [3.8, 4) is 11.5 Å². The highest BCUT2D eigenvalue weighted by Gasteiger charge is 2.26. The Labute approximate surface area is 335 Å². The van der Waals surface area contributed by atoms with E-state index in [9.17, 15) is 27.2 Å². The fourth-order valence-corrected chi connectivity index (χ4v) is 7.22. The number of alkyl halides is 4. The molecule has 0 spiro atoms. The summed E-state index contributed by atoms with van der Waals surface area (Å²) < 4.78 is 91.3.